The molecule has 0 saturated heterocycles. The molecule has 0 saturated carbocycles. The second-order valence-electron chi connectivity index (χ2n) is 5.83. The number of imidazole rings is 1. The number of hydrogen-bond donors (Lipinski definition) is 2. The second kappa shape index (κ2) is 7.46. The lowest BCUT2D eigenvalue weighted by atomic mass is 10.2. The summed E-state index contributed by atoms with van der Waals surface area (Å²) < 4.78 is 45.4. The molecule has 152 valence electrons. The number of oxazole rings is 1. The van der Waals surface area contributed by atoms with Crippen LogP contribution >= 0.6 is 0 Å². The van der Waals surface area contributed by atoms with Gasteiger partial charge in [0.2, 0.25) is 5.95 Å². The smallest absolute Gasteiger partial charge is 0.416 e. The Morgan fingerprint density at radius 1 is 1.10 bits per heavy atom. The van der Waals surface area contributed by atoms with E-state index in [2.05, 4.69) is 15.3 Å². The van der Waals surface area contributed by atoms with Crippen molar-refractivity contribution in [2.24, 2.45) is 7.05 Å². The lowest BCUT2D eigenvalue weighted by Crippen LogP contribution is -2.03. The molecule has 2 aromatic carbocycles. The van der Waals surface area contributed by atoms with Gasteiger partial charge in [0, 0.05) is 7.05 Å². The predicted molar refractivity (Wildman–Crippen MR) is 101 cm³/mol. The van der Waals surface area contributed by atoms with Gasteiger partial charge in [-0.25, -0.2) is 9.78 Å². The van der Waals surface area contributed by atoms with Gasteiger partial charge in [-0.2, -0.15) is 18.2 Å². The fourth-order valence-electron chi connectivity index (χ4n) is 2.69. The average molecular weight is 406 g/mol. The van der Waals surface area contributed by atoms with E-state index in [1.54, 1.807) is 17.7 Å². The highest BCUT2D eigenvalue weighted by atomic mass is 19.4. The van der Waals surface area contributed by atoms with Crippen LogP contribution in [0.2, 0.25) is 0 Å². The molecule has 29 heavy (non-hydrogen) atoms. The first-order valence-corrected chi connectivity index (χ1v) is 8.67. The molecule has 7 nitrogen and oxygen atoms in total. The fraction of sp³-hybridized carbons (Fsp3) is 0.211. The normalized spacial score (nSPS) is 11.4. The Labute approximate surface area is 162 Å². The Bertz CT molecular complexity index is 1190. The summed E-state index contributed by atoms with van der Waals surface area (Å²) in [5.41, 5.74) is 0.611. The number of nitrogens with one attached hydrogen (secondary N) is 1. The molecule has 0 fully saturated rings. The SMILES string of the molecule is CC.Cn1c(Nc2nc3ccc(C(F)(F)F)cc3o2)nc2cc(C(=O)O)ccc21. The molecule has 2 N–H and O–H groups in total. The van der Waals surface area contributed by atoms with E-state index in [9.17, 15) is 18.0 Å². The summed E-state index contributed by atoms with van der Waals surface area (Å²) in [4.78, 5) is 19.5. The highest BCUT2D eigenvalue weighted by molar-refractivity contribution is 5.93. The summed E-state index contributed by atoms with van der Waals surface area (Å²) in [5.74, 6) is -0.772. The molecule has 0 spiro atoms. The summed E-state index contributed by atoms with van der Waals surface area (Å²) in [6, 6.07) is 7.48. The zero-order valence-electron chi connectivity index (χ0n) is 15.7. The van der Waals surface area contributed by atoms with Crippen LogP contribution in [-0.4, -0.2) is 25.6 Å². The molecule has 0 aliphatic carbocycles. The van der Waals surface area contributed by atoms with Crippen LogP contribution in [-0.2, 0) is 13.2 Å². The Morgan fingerprint density at radius 3 is 2.48 bits per heavy atom. The van der Waals surface area contributed by atoms with Gasteiger partial charge in [0.1, 0.15) is 5.52 Å². The summed E-state index contributed by atoms with van der Waals surface area (Å²) in [5, 5.41) is 11.9. The lowest BCUT2D eigenvalue weighted by Gasteiger charge is -2.04. The van der Waals surface area contributed by atoms with Gasteiger partial charge in [0.05, 0.1) is 22.2 Å². The number of anilines is 2. The van der Waals surface area contributed by atoms with Crippen molar-refractivity contribution in [2.45, 2.75) is 20.0 Å². The second-order valence-corrected chi connectivity index (χ2v) is 5.83. The van der Waals surface area contributed by atoms with E-state index in [-0.39, 0.29) is 22.7 Å². The third-order valence-corrected chi connectivity index (χ3v) is 4.06. The molecule has 0 amide bonds. The standard InChI is InChI=1S/C17H11F3N4O3.C2H6/c1-24-12-5-2-8(14(25)26)6-11(12)21-15(24)23-16-22-10-4-3-9(17(18,19)20)7-13(10)27-16;1-2/h2-7H,1H3,(H,25,26)(H,21,22,23);1-2H3. The fourth-order valence-corrected chi connectivity index (χ4v) is 2.69. The van der Waals surface area contributed by atoms with Crippen molar-refractivity contribution < 1.29 is 27.5 Å². The minimum atomic E-state index is -4.48. The number of nitrogens with zero attached hydrogens (tertiary/aromatic N) is 3. The summed E-state index contributed by atoms with van der Waals surface area (Å²) >= 11 is 0. The van der Waals surface area contributed by atoms with E-state index >= 15 is 0 Å². The Hall–Kier alpha value is -3.56. The number of alkyl halides is 3. The number of benzene rings is 2. The van der Waals surface area contributed by atoms with Crippen molar-refractivity contribution in [3.05, 3.63) is 47.5 Å². The molecule has 2 heterocycles. The quantitative estimate of drug-likeness (QED) is 0.486. The number of carbonyl (C=O) groups is 1. The van der Waals surface area contributed by atoms with Crippen LogP contribution in [0.15, 0.2) is 40.8 Å². The number of rotatable bonds is 3. The van der Waals surface area contributed by atoms with Crippen molar-refractivity contribution in [1.29, 1.82) is 0 Å². The largest absolute Gasteiger partial charge is 0.478 e. The van der Waals surface area contributed by atoms with Crippen molar-refractivity contribution in [2.75, 3.05) is 5.32 Å². The van der Waals surface area contributed by atoms with E-state index in [0.717, 1.165) is 12.1 Å². The molecule has 2 aromatic heterocycles. The zero-order valence-corrected chi connectivity index (χ0v) is 15.7. The molecule has 0 bridgehead atoms. The zero-order chi connectivity index (χ0) is 21.3. The first-order valence-electron chi connectivity index (χ1n) is 8.67. The maximum atomic E-state index is 12.8. The van der Waals surface area contributed by atoms with Crippen molar-refractivity contribution in [3.8, 4) is 0 Å². The van der Waals surface area contributed by atoms with Crippen LogP contribution in [0, 0.1) is 0 Å². The molecule has 0 unspecified atom stereocenters. The van der Waals surface area contributed by atoms with E-state index in [4.69, 9.17) is 9.52 Å². The Kier molecular flexibility index (Phi) is 5.19. The Balaban J connectivity index is 0.00000117. The van der Waals surface area contributed by atoms with Gasteiger partial charge in [-0.3, -0.25) is 5.32 Å². The molecular formula is C19H17F3N4O3. The number of fused-ring (bicyclic) bond motifs is 2. The van der Waals surface area contributed by atoms with Gasteiger partial charge in [-0.05, 0) is 36.4 Å². The number of hydrogen-bond acceptors (Lipinski definition) is 5. The number of aromatic nitrogens is 3. The number of carboxylic acids is 1. The van der Waals surface area contributed by atoms with E-state index < -0.39 is 17.7 Å². The highest BCUT2D eigenvalue weighted by Crippen LogP contribution is 2.32. The minimum absolute atomic E-state index is 0.0146. The molecule has 0 atom stereocenters. The summed E-state index contributed by atoms with van der Waals surface area (Å²) in [6.45, 7) is 4.00. The molecular weight excluding hydrogens is 389 g/mol. The van der Waals surface area contributed by atoms with E-state index in [1.165, 1.54) is 18.2 Å². The van der Waals surface area contributed by atoms with Gasteiger partial charge in [0.25, 0.3) is 0 Å². The number of aryl methyl sites for hydroxylation is 1. The third kappa shape index (κ3) is 3.86. The van der Waals surface area contributed by atoms with Crippen LogP contribution in [0.5, 0.6) is 0 Å². The monoisotopic (exact) mass is 406 g/mol. The maximum Gasteiger partial charge on any atom is 0.416 e. The number of carboxylic acid groups (broad SMARTS) is 1. The first kappa shape index (κ1) is 20.2. The van der Waals surface area contributed by atoms with E-state index in [1.807, 2.05) is 13.8 Å². The van der Waals surface area contributed by atoms with Crippen LogP contribution < -0.4 is 5.32 Å². The van der Waals surface area contributed by atoms with Gasteiger partial charge in [-0.1, -0.05) is 13.8 Å². The molecule has 0 aliphatic rings. The lowest BCUT2D eigenvalue weighted by molar-refractivity contribution is -0.137. The third-order valence-electron chi connectivity index (χ3n) is 4.06. The maximum absolute atomic E-state index is 12.8. The van der Waals surface area contributed by atoms with Gasteiger partial charge in [-0.15, -0.1) is 0 Å². The average Bonchev–Trinajstić information content (AvgIpc) is 3.22. The predicted octanol–water partition coefficient (Wildman–Crippen LogP) is 5.20. The minimum Gasteiger partial charge on any atom is -0.478 e. The van der Waals surface area contributed by atoms with Crippen molar-refractivity contribution >= 4 is 40.1 Å². The summed E-state index contributed by atoms with van der Waals surface area (Å²) in [6.07, 6.45) is -4.48. The molecule has 0 radical (unpaired) electrons. The molecule has 4 aromatic rings. The van der Waals surface area contributed by atoms with Crippen LogP contribution in [0.4, 0.5) is 25.1 Å². The van der Waals surface area contributed by atoms with Crippen LogP contribution in [0.1, 0.15) is 29.8 Å². The van der Waals surface area contributed by atoms with Crippen molar-refractivity contribution in [1.82, 2.24) is 14.5 Å². The van der Waals surface area contributed by atoms with Gasteiger partial charge >= 0.3 is 18.2 Å². The van der Waals surface area contributed by atoms with Crippen LogP contribution in [0.25, 0.3) is 22.1 Å². The molecule has 0 aliphatic heterocycles. The highest BCUT2D eigenvalue weighted by Gasteiger charge is 2.31. The van der Waals surface area contributed by atoms with Crippen LogP contribution in [0.3, 0.4) is 0 Å². The number of aromatic carboxylic acids is 1. The number of halogens is 3. The van der Waals surface area contributed by atoms with E-state index in [0.29, 0.717) is 17.0 Å². The molecule has 4 rings (SSSR count). The van der Waals surface area contributed by atoms with Gasteiger partial charge < -0.3 is 14.1 Å². The first-order chi connectivity index (χ1) is 13.7. The van der Waals surface area contributed by atoms with Crippen molar-refractivity contribution in [3.63, 3.8) is 0 Å². The molecule has 10 heteroatoms. The topological polar surface area (TPSA) is 93.2 Å². The Morgan fingerprint density at radius 2 is 1.83 bits per heavy atom. The van der Waals surface area contributed by atoms with Gasteiger partial charge in [0.15, 0.2) is 5.58 Å². The summed E-state index contributed by atoms with van der Waals surface area (Å²) in [7, 11) is 1.70.